The summed E-state index contributed by atoms with van der Waals surface area (Å²) in [7, 11) is 0. The van der Waals surface area contributed by atoms with Gasteiger partial charge < -0.3 is 4.98 Å². The van der Waals surface area contributed by atoms with Gasteiger partial charge in [-0.2, -0.15) is 0 Å². The number of carbonyl (C=O) groups excluding carboxylic acids is 1. The van der Waals surface area contributed by atoms with Crippen LogP contribution in [0.4, 0.5) is 8.78 Å². The number of benzene rings is 2. The van der Waals surface area contributed by atoms with E-state index in [-0.39, 0.29) is 23.4 Å². The summed E-state index contributed by atoms with van der Waals surface area (Å²) in [6.45, 7) is 6.67. The number of fused-ring (bicyclic) bond motifs is 3. The Hall–Kier alpha value is -2.50. The normalized spacial score (nSPS) is 19.6. The molecule has 2 heterocycles. The van der Waals surface area contributed by atoms with E-state index in [4.69, 9.17) is 11.6 Å². The van der Waals surface area contributed by atoms with Gasteiger partial charge in [0.1, 0.15) is 11.5 Å². The highest BCUT2D eigenvalue weighted by atomic mass is 35.5. The number of aromatic nitrogens is 1. The molecule has 1 aliphatic heterocycles. The van der Waals surface area contributed by atoms with E-state index in [9.17, 15) is 9.18 Å². The summed E-state index contributed by atoms with van der Waals surface area (Å²) in [4.78, 5) is 16.7. The first-order valence-electron chi connectivity index (χ1n) is 10.8. The number of carbonyl (C=O) groups is 1. The molecule has 1 N–H and O–H groups in total. The lowest BCUT2D eigenvalue weighted by molar-refractivity contribution is -0.112. The van der Waals surface area contributed by atoms with Crippen LogP contribution in [0, 0.1) is 5.82 Å². The van der Waals surface area contributed by atoms with Gasteiger partial charge >= 0.3 is 0 Å². The van der Waals surface area contributed by atoms with E-state index in [0.717, 1.165) is 28.6 Å². The molecule has 1 aliphatic rings. The van der Waals surface area contributed by atoms with Crippen molar-refractivity contribution in [3.8, 4) is 0 Å². The second kappa shape index (κ2) is 8.45. The Morgan fingerprint density at radius 1 is 1.31 bits per heavy atom. The molecule has 32 heavy (non-hydrogen) atoms. The highest BCUT2D eigenvalue weighted by Gasteiger charge is 2.40. The number of hydrogen-bond acceptors (Lipinski definition) is 2. The molecule has 0 spiro atoms. The second-order valence-electron chi connectivity index (χ2n) is 9.25. The number of alkyl halides is 1. The molecule has 168 valence electrons. The van der Waals surface area contributed by atoms with Crippen LogP contribution in [0.1, 0.15) is 56.1 Å². The first kappa shape index (κ1) is 22.7. The zero-order valence-corrected chi connectivity index (χ0v) is 19.4. The number of rotatable bonds is 5. The molecule has 4 rings (SSSR count). The minimum Gasteiger partial charge on any atom is -0.357 e. The third-order valence-corrected chi connectivity index (χ3v) is 6.27. The molecule has 3 nitrogen and oxygen atoms in total. The molecule has 2 atom stereocenters. The molecular formula is C26H27ClF2N2O. The molecule has 1 aromatic heterocycles. The van der Waals surface area contributed by atoms with Crippen molar-refractivity contribution >= 4 is 34.4 Å². The lowest BCUT2D eigenvalue weighted by atomic mass is 9.87. The zero-order chi connectivity index (χ0) is 23.2. The number of nitrogens with zero attached hydrogens (tertiary/aromatic N) is 1. The van der Waals surface area contributed by atoms with E-state index >= 15 is 4.39 Å². The van der Waals surface area contributed by atoms with Gasteiger partial charge in [0.25, 0.3) is 0 Å². The number of aromatic amines is 1. The Morgan fingerprint density at radius 3 is 2.69 bits per heavy atom. The Labute approximate surface area is 192 Å². The fourth-order valence-electron chi connectivity index (χ4n) is 4.67. The number of nitrogens with one attached hydrogen (secondary N) is 1. The number of halogens is 3. The van der Waals surface area contributed by atoms with Gasteiger partial charge in [-0.05, 0) is 69.5 Å². The smallest absolute Gasteiger partial charge is 0.152 e. The maximum Gasteiger partial charge on any atom is 0.152 e. The number of para-hydroxylation sites is 1. The Morgan fingerprint density at radius 2 is 2.03 bits per heavy atom. The van der Waals surface area contributed by atoms with Crippen LogP contribution in [0.25, 0.3) is 17.0 Å². The van der Waals surface area contributed by atoms with Crippen LogP contribution in [0.3, 0.4) is 0 Å². The quantitative estimate of drug-likeness (QED) is 0.436. The molecule has 0 saturated heterocycles. The van der Waals surface area contributed by atoms with Crippen LogP contribution in [-0.2, 0) is 11.2 Å². The zero-order valence-electron chi connectivity index (χ0n) is 18.7. The van der Waals surface area contributed by atoms with Crippen LogP contribution in [-0.4, -0.2) is 33.9 Å². The Kier molecular flexibility index (Phi) is 5.99. The van der Waals surface area contributed by atoms with Crippen molar-refractivity contribution in [3.05, 3.63) is 75.7 Å². The molecule has 0 bridgehead atoms. The van der Waals surface area contributed by atoms with Crippen molar-refractivity contribution in [1.82, 2.24) is 9.88 Å². The molecular weight excluding hydrogens is 430 g/mol. The second-order valence-corrected chi connectivity index (χ2v) is 9.66. The average molecular weight is 457 g/mol. The molecule has 3 aromatic rings. The summed E-state index contributed by atoms with van der Waals surface area (Å²) in [6.07, 6.45) is 3.65. The van der Waals surface area contributed by atoms with E-state index < -0.39 is 17.5 Å². The van der Waals surface area contributed by atoms with E-state index in [1.807, 2.05) is 30.0 Å². The van der Waals surface area contributed by atoms with Crippen molar-refractivity contribution in [3.63, 3.8) is 0 Å². The third-order valence-electron chi connectivity index (χ3n) is 5.96. The fraction of sp³-hybridized carbons (Fsp3) is 0.346. The highest BCUT2D eigenvalue weighted by Crippen LogP contribution is 2.44. The van der Waals surface area contributed by atoms with Gasteiger partial charge in [-0.15, -0.1) is 0 Å². The van der Waals surface area contributed by atoms with Crippen molar-refractivity contribution in [2.75, 3.05) is 6.54 Å². The molecule has 0 aliphatic carbocycles. The number of H-pyrrole nitrogens is 1. The first-order chi connectivity index (χ1) is 15.0. The van der Waals surface area contributed by atoms with E-state index in [1.54, 1.807) is 12.1 Å². The van der Waals surface area contributed by atoms with Crippen LogP contribution in [0.2, 0.25) is 5.02 Å². The molecule has 0 amide bonds. The van der Waals surface area contributed by atoms with Crippen molar-refractivity contribution in [2.24, 2.45) is 0 Å². The van der Waals surface area contributed by atoms with Crippen LogP contribution >= 0.6 is 11.6 Å². The van der Waals surface area contributed by atoms with Crippen LogP contribution < -0.4 is 0 Å². The summed E-state index contributed by atoms with van der Waals surface area (Å²) < 4.78 is 30.4. The maximum atomic E-state index is 15.6. The third kappa shape index (κ3) is 4.37. The number of ketones is 1. The van der Waals surface area contributed by atoms with Gasteiger partial charge in [-0.25, -0.2) is 8.78 Å². The Bertz CT molecular complexity index is 1190. The van der Waals surface area contributed by atoms with Crippen LogP contribution in [0.15, 0.2) is 42.5 Å². The Balaban J connectivity index is 1.92. The van der Waals surface area contributed by atoms with Crippen molar-refractivity contribution in [1.29, 1.82) is 0 Å². The molecule has 0 saturated carbocycles. The minimum absolute atomic E-state index is 0.0190. The minimum atomic E-state index is -1.47. The standard InChI is InChI=1S/C26H27ClF2N2O/c1-15-11-19-18-7-5-6-8-22(18)30-24(19)25(31(15)14-26(3,4)29)23-20(27)12-17(13-21(23)28)10-9-16(2)32/h5-10,12-13,15,25,30H,11,14H2,1-4H3/b10-9+/t15-,25-/m1/s1. The lowest BCUT2D eigenvalue weighted by Crippen LogP contribution is -2.48. The lowest BCUT2D eigenvalue weighted by Gasteiger charge is -2.43. The van der Waals surface area contributed by atoms with Gasteiger partial charge in [-0.3, -0.25) is 9.69 Å². The van der Waals surface area contributed by atoms with E-state index in [2.05, 4.69) is 11.1 Å². The number of allylic oxidation sites excluding steroid dienone is 1. The van der Waals surface area contributed by atoms with Crippen molar-refractivity contribution < 1.29 is 13.6 Å². The molecule has 2 aromatic carbocycles. The monoisotopic (exact) mass is 456 g/mol. The molecule has 0 unspecified atom stereocenters. The van der Waals surface area contributed by atoms with Gasteiger partial charge in [0.15, 0.2) is 5.78 Å². The average Bonchev–Trinajstić information content (AvgIpc) is 3.05. The van der Waals surface area contributed by atoms with Gasteiger partial charge in [0.05, 0.1) is 6.04 Å². The van der Waals surface area contributed by atoms with E-state index in [1.165, 1.54) is 32.9 Å². The van der Waals surface area contributed by atoms with Crippen LogP contribution in [0.5, 0.6) is 0 Å². The highest BCUT2D eigenvalue weighted by molar-refractivity contribution is 6.31. The maximum absolute atomic E-state index is 15.6. The van der Waals surface area contributed by atoms with Crippen molar-refractivity contribution in [2.45, 2.75) is 51.9 Å². The molecule has 0 radical (unpaired) electrons. The van der Waals surface area contributed by atoms with E-state index in [0.29, 0.717) is 11.1 Å². The predicted octanol–water partition coefficient (Wildman–Crippen LogP) is 6.65. The first-order valence-corrected chi connectivity index (χ1v) is 11.1. The summed E-state index contributed by atoms with van der Waals surface area (Å²) in [5.41, 5.74) is 2.28. The largest absolute Gasteiger partial charge is 0.357 e. The van der Waals surface area contributed by atoms with Gasteiger partial charge in [0.2, 0.25) is 0 Å². The predicted molar refractivity (Wildman–Crippen MR) is 126 cm³/mol. The summed E-state index contributed by atoms with van der Waals surface area (Å²) in [5, 5.41) is 1.34. The summed E-state index contributed by atoms with van der Waals surface area (Å²) >= 11 is 6.64. The number of hydrogen-bond donors (Lipinski definition) is 1. The SMILES string of the molecule is CC(=O)/C=C/c1cc(F)c([C@@H]2c3[nH]c4ccccc4c3C[C@@H](C)N2CC(C)(C)F)c(Cl)c1. The summed E-state index contributed by atoms with van der Waals surface area (Å²) in [5.74, 6) is -0.614. The molecule has 6 heteroatoms. The molecule has 0 fully saturated rings. The van der Waals surface area contributed by atoms with Gasteiger partial charge in [0, 0.05) is 39.8 Å². The van der Waals surface area contributed by atoms with Gasteiger partial charge in [-0.1, -0.05) is 35.9 Å². The fourth-order valence-corrected chi connectivity index (χ4v) is 4.99. The summed E-state index contributed by atoms with van der Waals surface area (Å²) in [6, 6.07) is 10.4. The topological polar surface area (TPSA) is 36.1 Å².